The molecule has 1 aromatic carbocycles. The molecule has 0 spiro atoms. The largest absolute Gasteiger partial charge is 0.314 e. The lowest BCUT2D eigenvalue weighted by Crippen LogP contribution is -2.27. The van der Waals surface area contributed by atoms with E-state index < -0.39 is 0 Å². The molecule has 19 heavy (non-hydrogen) atoms. The molecule has 0 heterocycles. The van der Waals surface area contributed by atoms with Gasteiger partial charge in [-0.2, -0.15) is 0 Å². The van der Waals surface area contributed by atoms with Gasteiger partial charge in [-0.15, -0.1) is 0 Å². The van der Waals surface area contributed by atoms with Gasteiger partial charge in [0.25, 0.3) is 0 Å². The van der Waals surface area contributed by atoms with E-state index in [4.69, 9.17) is 0 Å². The molecular formula is C18H31N. The maximum Gasteiger partial charge on any atom is 0.00387 e. The lowest BCUT2D eigenvalue weighted by molar-refractivity contribution is 0.452. The molecule has 0 aliphatic heterocycles. The maximum absolute atomic E-state index is 3.64. The van der Waals surface area contributed by atoms with Gasteiger partial charge in [-0.1, -0.05) is 57.0 Å². The zero-order chi connectivity index (χ0) is 13.9. The fourth-order valence-electron chi connectivity index (χ4n) is 2.38. The number of unbranched alkanes of at least 4 members (excludes halogenated alkanes) is 1. The van der Waals surface area contributed by atoms with E-state index in [9.17, 15) is 0 Å². The van der Waals surface area contributed by atoms with Gasteiger partial charge in [0, 0.05) is 6.04 Å². The van der Waals surface area contributed by atoms with E-state index in [1.807, 2.05) is 0 Å². The lowest BCUT2D eigenvalue weighted by atomic mass is 10.0. The molecule has 0 radical (unpaired) electrons. The summed E-state index contributed by atoms with van der Waals surface area (Å²) in [4.78, 5) is 0. The molecule has 1 aromatic rings. The highest BCUT2D eigenvalue weighted by atomic mass is 14.9. The average Bonchev–Trinajstić information content (AvgIpc) is 2.39. The summed E-state index contributed by atoms with van der Waals surface area (Å²) in [6, 6.07) is 11.5. The van der Waals surface area contributed by atoms with Crippen molar-refractivity contribution in [2.24, 2.45) is 5.92 Å². The fourth-order valence-corrected chi connectivity index (χ4v) is 2.38. The predicted octanol–water partition coefficient (Wildman–Crippen LogP) is 4.81. The third-order valence-corrected chi connectivity index (χ3v) is 3.65. The Balaban J connectivity index is 1.95. The summed E-state index contributed by atoms with van der Waals surface area (Å²) < 4.78 is 0. The molecule has 0 aliphatic carbocycles. The Kier molecular flexibility index (Phi) is 8.57. The van der Waals surface area contributed by atoms with Crippen molar-refractivity contribution in [1.82, 2.24) is 5.32 Å². The van der Waals surface area contributed by atoms with Gasteiger partial charge in [-0.3, -0.25) is 0 Å². The van der Waals surface area contributed by atoms with Crippen LogP contribution in [0.5, 0.6) is 0 Å². The van der Waals surface area contributed by atoms with Crippen molar-refractivity contribution in [2.45, 2.75) is 65.3 Å². The minimum atomic E-state index is 0.676. The highest BCUT2D eigenvalue weighted by molar-refractivity contribution is 5.14. The summed E-state index contributed by atoms with van der Waals surface area (Å²) >= 11 is 0. The molecule has 1 atom stereocenters. The topological polar surface area (TPSA) is 12.0 Å². The molecule has 1 N–H and O–H groups in total. The first-order chi connectivity index (χ1) is 9.18. The number of hydrogen-bond donors (Lipinski definition) is 1. The fraction of sp³-hybridized carbons (Fsp3) is 0.667. The van der Waals surface area contributed by atoms with Crippen molar-refractivity contribution >= 4 is 0 Å². The van der Waals surface area contributed by atoms with Crippen molar-refractivity contribution < 1.29 is 0 Å². The second-order valence-electron chi connectivity index (χ2n) is 6.12. The Labute approximate surface area is 119 Å². The van der Waals surface area contributed by atoms with Gasteiger partial charge in [0.2, 0.25) is 0 Å². The van der Waals surface area contributed by atoms with E-state index >= 15 is 0 Å². The molecule has 1 heteroatoms. The van der Waals surface area contributed by atoms with Crippen LogP contribution in [0.3, 0.4) is 0 Å². The van der Waals surface area contributed by atoms with E-state index in [1.54, 1.807) is 0 Å². The summed E-state index contributed by atoms with van der Waals surface area (Å²) in [5.74, 6) is 0.845. The number of nitrogens with one attached hydrogen (secondary N) is 1. The van der Waals surface area contributed by atoms with E-state index in [2.05, 4.69) is 56.4 Å². The second-order valence-corrected chi connectivity index (χ2v) is 6.12. The molecule has 0 aromatic heterocycles. The van der Waals surface area contributed by atoms with Crippen molar-refractivity contribution in [2.75, 3.05) is 6.54 Å². The van der Waals surface area contributed by atoms with Crippen molar-refractivity contribution in [3.63, 3.8) is 0 Å². The van der Waals surface area contributed by atoms with Gasteiger partial charge >= 0.3 is 0 Å². The van der Waals surface area contributed by atoms with Crippen LogP contribution in [-0.2, 0) is 6.42 Å². The Bertz CT molecular complexity index is 305. The van der Waals surface area contributed by atoms with Crippen LogP contribution in [0.15, 0.2) is 30.3 Å². The summed E-state index contributed by atoms with van der Waals surface area (Å²) in [7, 11) is 0. The quantitative estimate of drug-likeness (QED) is 0.596. The van der Waals surface area contributed by atoms with Crippen LogP contribution in [0.25, 0.3) is 0 Å². The van der Waals surface area contributed by atoms with Crippen molar-refractivity contribution in [3.8, 4) is 0 Å². The molecule has 1 rings (SSSR count). The normalized spacial score (nSPS) is 12.8. The first-order valence-electron chi connectivity index (χ1n) is 7.96. The predicted molar refractivity (Wildman–Crippen MR) is 85.5 cm³/mol. The maximum atomic E-state index is 3.64. The zero-order valence-corrected chi connectivity index (χ0v) is 13.0. The first-order valence-corrected chi connectivity index (χ1v) is 7.96. The van der Waals surface area contributed by atoms with E-state index in [-0.39, 0.29) is 0 Å². The molecular weight excluding hydrogens is 230 g/mol. The van der Waals surface area contributed by atoms with Crippen LogP contribution in [0.4, 0.5) is 0 Å². The number of rotatable bonds is 10. The van der Waals surface area contributed by atoms with E-state index in [0.717, 1.165) is 12.5 Å². The second kappa shape index (κ2) is 10.0. The third-order valence-electron chi connectivity index (χ3n) is 3.65. The first kappa shape index (κ1) is 16.2. The van der Waals surface area contributed by atoms with Crippen molar-refractivity contribution in [1.29, 1.82) is 0 Å². The molecule has 0 amide bonds. The SMILES string of the molecule is CC(C)CCCC(C)NCCCCc1ccccc1. The van der Waals surface area contributed by atoms with E-state index in [0.29, 0.717) is 6.04 Å². The highest BCUT2D eigenvalue weighted by Crippen LogP contribution is 2.08. The van der Waals surface area contributed by atoms with Crippen LogP contribution in [0, 0.1) is 5.92 Å². The highest BCUT2D eigenvalue weighted by Gasteiger charge is 2.02. The molecule has 1 unspecified atom stereocenters. The van der Waals surface area contributed by atoms with Crippen molar-refractivity contribution in [3.05, 3.63) is 35.9 Å². The molecule has 0 bridgehead atoms. The van der Waals surface area contributed by atoms with E-state index in [1.165, 1.54) is 44.1 Å². The summed E-state index contributed by atoms with van der Waals surface area (Å²) in [5.41, 5.74) is 1.47. The Hall–Kier alpha value is -0.820. The van der Waals surface area contributed by atoms with Crippen LogP contribution in [-0.4, -0.2) is 12.6 Å². The summed E-state index contributed by atoms with van der Waals surface area (Å²) in [5, 5.41) is 3.64. The van der Waals surface area contributed by atoms with Gasteiger partial charge < -0.3 is 5.32 Å². The van der Waals surface area contributed by atoms with Crippen LogP contribution < -0.4 is 5.32 Å². The summed E-state index contributed by atoms with van der Waals surface area (Å²) in [6.45, 7) is 8.09. The molecule has 0 saturated carbocycles. The molecule has 0 aliphatic rings. The Morgan fingerprint density at radius 3 is 2.32 bits per heavy atom. The van der Waals surface area contributed by atoms with Gasteiger partial charge in [-0.05, 0) is 50.6 Å². The molecule has 0 saturated heterocycles. The minimum Gasteiger partial charge on any atom is -0.314 e. The number of aryl methyl sites for hydroxylation is 1. The molecule has 108 valence electrons. The Morgan fingerprint density at radius 2 is 1.63 bits per heavy atom. The Morgan fingerprint density at radius 1 is 0.895 bits per heavy atom. The zero-order valence-electron chi connectivity index (χ0n) is 13.0. The van der Waals surface area contributed by atoms with Crippen LogP contribution >= 0.6 is 0 Å². The number of benzene rings is 1. The third kappa shape index (κ3) is 8.83. The average molecular weight is 261 g/mol. The lowest BCUT2D eigenvalue weighted by Gasteiger charge is -2.14. The minimum absolute atomic E-state index is 0.676. The van der Waals surface area contributed by atoms with Gasteiger partial charge in [0.05, 0.1) is 0 Å². The standard InChI is InChI=1S/C18H31N/c1-16(2)10-9-11-17(3)19-15-8-7-14-18-12-5-4-6-13-18/h4-6,12-13,16-17,19H,7-11,14-15H2,1-3H3. The monoisotopic (exact) mass is 261 g/mol. The van der Waals surface area contributed by atoms with Gasteiger partial charge in [0.15, 0.2) is 0 Å². The number of hydrogen-bond acceptors (Lipinski definition) is 1. The van der Waals surface area contributed by atoms with Gasteiger partial charge in [0.1, 0.15) is 0 Å². The van der Waals surface area contributed by atoms with Crippen LogP contribution in [0.1, 0.15) is 58.4 Å². The van der Waals surface area contributed by atoms with Gasteiger partial charge in [-0.25, -0.2) is 0 Å². The smallest absolute Gasteiger partial charge is 0.00387 e. The summed E-state index contributed by atoms with van der Waals surface area (Å²) in [6.07, 6.45) is 7.82. The molecule has 1 nitrogen and oxygen atoms in total. The van der Waals surface area contributed by atoms with Crippen LogP contribution in [0.2, 0.25) is 0 Å². The molecule has 0 fully saturated rings.